The highest BCUT2D eigenvalue weighted by molar-refractivity contribution is 7.70. The summed E-state index contributed by atoms with van der Waals surface area (Å²) in [6.45, 7) is 0.243. The zero-order chi connectivity index (χ0) is 15.5. The first-order chi connectivity index (χ1) is 10.7. The Morgan fingerprint density at radius 1 is 1.23 bits per heavy atom. The van der Waals surface area contributed by atoms with Gasteiger partial charge in [-0.05, 0) is 29.8 Å². The number of thiol groups is 1. The van der Waals surface area contributed by atoms with Crippen molar-refractivity contribution in [3.63, 3.8) is 0 Å². The van der Waals surface area contributed by atoms with Crippen LogP contribution in [0.4, 0.5) is 0 Å². The molecule has 0 spiro atoms. The molecule has 0 saturated carbocycles. The average Bonchev–Trinajstić information content (AvgIpc) is 2.96. The zero-order valence-corrected chi connectivity index (χ0v) is 12.7. The maximum absolute atomic E-state index is 10.6. The molecular weight excluding hydrogens is 304 g/mol. The molecule has 0 aliphatic carbocycles. The van der Waals surface area contributed by atoms with Crippen molar-refractivity contribution < 1.29 is 13.2 Å². The zero-order valence-electron chi connectivity index (χ0n) is 11.8. The second kappa shape index (κ2) is 6.12. The minimum Gasteiger partial charge on any atom is -0.497 e. The second-order valence-corrected chi connectivity index (χ2v) is 5.45. The molecule has 7 nitrogen and oxygen atoms in total. The predicted octanol–water partition coefficient (Wildman–Crippen LogP) is 1.05. The van der Waals surface area contributed by atoms with E-state index in [4.69, 9.17) is 4.74 Å². The van der Waals surface area contributed by atoms with Gasteiger partial charge in [-0.2, -0.15) is 0 Å². The Balaban J connectivity index is 1.98. The number of rotatable bonds is 5. The molecule has 22 heavy (non-hydrogen) atoms. The van der Waals surface area contributed by atoms with Crippen molar-refractivity contribution in [2.75, 3.05) is 7.11 Å². The van der Waals surface area contributed by atoms with Crippen LogP contribution in [0, 0.1) is 0 Å². The Hall–Kier alpha value is -2.45. The van der Waals surface area contributed by atoms with E-state index in [-0.39, 0.29) is 6.54 Å². The van der Waals surface area contributed by atoms with Crippen molar-refractivity contribution >= 4 is 21.9 Å². The van der Waals surface area contributed by atoms with Crippen molar-refractivity contribution in [3.8, 4) is 11.4 Å². The van der Waals surface area contributed by atoms with E-state index in [0.29, 0.717) is 0 Å². The number of fused-ring (bicyclic) bond motifs is 1. The summed E-state index contributed by atoms with van der Waals surface area (Å²) >= 11 is 0. The Morgan fingerprint density at radius 3 is 2.86 bits per heavy atom. The normalized spacial score (nSPS) is 11.2. The summed E-state index contributed by atoms with van der Waals surface area (Å²) in [5.41, 5.74) is 3.23. The maximum Gasteiger partial charge on any atom is 0.201 e. The molecular formula is C14H14N4O3S. The number of methoxy groups -OCH3 is 1. The molecule has 0 aliphatic heterocycles. The smallest absolute Gasteiger partial charge is 0.201 e. The van der Waals surface area contributed by atoms with Gasteiger partial charge in [0.15, 0.2) is 0 Å². The van der Waals surface area contributed by atoms with Crippen LogP contribution in [0.15, 0.2) is 42.5 Å². The monoisotopic (exact) mass is 318 g/mol. The largest absolute Gasteiger partial charge is 0.497 e. The van der Waals surface area contributed by atoms with Gasteiger partial charge in [0, 0.05) is 12.6 Å². The van der Waals surface area contributed by atoms with E-state index in [1.807, 2.05) is 42.5 Å². The number of ether oxygens (including phenoxy) is 1. The summed E-state index contributed by atoms with van der Waals surface area (Å²) in [5, 5.41) is 8.28. The van der Waals surface area contributed by atoms with Crippen LogP contribution < -0.4 is 9.46 Å². The van der Waals surface area contributed by atoms with Crippen LogP contribution in [0.1, 0.15) is 5.56 Å². The molecule has 0 atom stereocenters. The van der Waals surface area contributed by atoms with Crippen LogP contribution in [-0.4, -0.2) is 30.5 Å². The van der Waals surface area contributed by atoms with Gasteiger partial charge in [0.2, 0.25) is 10.9 Å². The number of hydrogen-bond donors (Lipinski definition) is 2. The molecule has 8 heteroatoms. The number of benzene rings is 2. The lowest BCUT2D eigenvalue weighted by Gasteiger charge is -2.05. The predicted molar refractivity (Wildman–Crippen MR) is 82.6 cm³/mol. The summed E-state index contributed by atoms with van der Waals surface area (Å²) in [6, 6.07) is 13.0. The topological polar surface area (TPSA) is 86.1 Å². The molecule has 0 radical (unpaired) electrons. The van der Waals surface area contributed by atoms with Crippen molar-refractivity contribution in [3.05, 3.63) is 48.0 Å². The first-order valence-electron chi connectivity index (χ1n) is 6.54. The number of nitrogens with one attached hydrogen (secondary N) is 1. The molecule has 0 amide bonds. The standard InChI is InChI=1S/C14H14N4O3S/c1-21-12-5-6-14-13(8-12)16-17-18(14)11-4-2-3-10(7-11)9-15-22(19)20/h2-8,22H,9H2,1H3,(H,15,19,20). The van der Waals surface area contributed by atoms with Gasteiger partial charge in [0.25, 0.3) is 0 Å². The molecule has 0 bridgehead atoms. The van der Waals surface area contributed by atoms with Crippen molar-refractivity contribution in [1.29, 1.82) is 0 Å². The van der Waals surface area contributed by atoms with E-state index in [2.05, 4.69) is 15.0 Å². The van der Waals surface area contributed by atoms with Gasteiger partial charge < -0.3 is 4.74 Å². The summed E-state index contributed by atoms with van der Waals surface area (Å²) in [4.78, 5) is 0. The lowest BCUT2D eigenvalue weighted by molar-refractivity contribution is 0.415. The quantitative estimate of drug-likeness (QED) is 0.687. The van der Waals surface area contributed by atoms with E-state index >= 15 is 0 Å². The van der Waals surface area contributed by atoms with Crippen LogP contribution in [0.5, 0.6) is 5.75 Å². The van der Waals surface area contributed by atoms with Gasteiger partial charge in [-0.15, -0.1) is 5.10 Å². The van der Waals surface area contributed by atoms with Crippen molar-refractivity contribution in [2.45, 2.75) is 6.54 Å². The van der Waals surface area contributed by atoms with Gasteiger partial charge in [-0.25, -0.2) is 17.8 Å². The van der Waals surface area contributed by atoms with Crippen LogP contribution in [0.3, 0.4) is 0 Å². The van der Waals surface area contributed by atoms with Gasteiger partial charge in [0.05, 0.1) is 18.3 Å². The molecule has 0 aliphatic rings. The molecule has 0 saturated heterocycles. The molecule has 3 rings (SSSR count). The number of aromatic nitrogens is 3. The van der Waals surface area contributed by atoms with Gasteiger partial charge in [-0.3, -0.25) is 0 Å². The number of hydrogen-bond acceptors (Lipinski definition) is 5. The average molecular weight is 318 g/mol. The summed E-state index contributed by atoms with van der Waals surface area (Å²) < 4.78 is 30.5. The molecule has 1 N–H and O–H groups in total. The van der Waals surface area contributed by atoms with Gasteiger partial charge in [-0.1, -0.05) is 17.3 Å². The maximum atomic E-state index is 10.6. The van der Waals surface area contributed by atoms with Crippen molar-refractivity contribution in [1.82, 2.24) is 19.7 Å². The van der Waals surface area contributed by atoms with Gasteiger partial charge >= 0.3 is 0 Å². The Bertz CT molecular complexity index is 881. The van der Waals surface area contributed by atoms with Crippen LogP contribution in [-0.2, 0) is 17.4 Å². The Kier molecular flexibility index (Phi) is 4.03. The van der Waals surface area contributed by atoms with Crippen molar-refractivity contribution in [2.24, 2.45) is 0 Å². The lowest BCUT2D eigenvalue weighted by atomic mass is 10.2. The first-order valence-corrected chi connectivity index (χ1v) is 7.72. The second-order valence-electron chi connectivity index (χ2n) is 4.62. The van der Waals surface area contributed by atoms with E-state index in [1.54, 1.807) is 11.8 Å². The summed E-state index contributed by atoms with van der Waals surface area (Å²) in [7, 11) is -1.01. The molecule has 1 aromatic heterocycles. The Morgan fingerprint density at radius 2 is 2.09 bits per heavy atom. The molecule has 3 aromatic rings. The fourth-order valence-electron chi connectivity index (χ4n) is 2.18. The molecule has 0 unspecified atom stereocenters. The lowest BCUT2D eigenvalue weighted by Crippen LogP contribution is -2.10. The van der Waals surface area contributed by atoms with E-state index in [0.717, 1.165) is 28.0 Å². The minimum absolute atomic E-state index is 0.243. The molecule has 1 heterocycles. The highest BCUT2D eigenvalue weighted by Crippen LogP contribution is 2.21. The summed E-state index contributed by atoms with van der Waals surface area (Å²) in [6.07, 6.45) is 0. The van der Waals surface area contributed by atoms with E-state index < -0.39 is 10.9 Å². The fraction of sp³-hybridized carbons (Fsp3) is 0.143. The first kappa shape index (κ1) is 14.5. The molecule has 2 aromatic carbocycles. The van der Waals surface area contributed by atoms with Gasteiger partial charge in [0.1, 0.15) is 11.3 Å². The Labute approximate surface area is 128 Å². The van der Waals surface area contributed by atoms with Crippen LogP contribution >= 0.6 is 0 Å². The third kappa shape index (κ3) is 2.92. The third-order valence-electron chi connectivity index (χ3n) is 3.22. The van der Waals surface area contributed by atoms with Crippen LogP contribution in [0.25, 0.3) is 16.7 Å². The minimum atomic E-state index is -2.61. The highest BCUT2D eigenvalue weighted by atomic mass is 32.2. The highest BCUT2D eigenvalue weighted by Gasteiger charge is 2.08. The fourth-order valence-corrected chi connectivity index (χ4v) is 2.49. The molecule has 0 fully saturated rings. The van der Waals surface area contributed by atoms with Crippen LogP contribution in [0.2, 0.25) is 0 Å². The molecule has 114 valence electrons. The third-order valence-corrected chi connectivity index (χ3v) is 3.64. The summed E-state index contributed by atoms with van der Waals surface area (Å²) in [5.74, 6) is 0.719. The van der Waals surface area contributed by atoms with E-state index in [1.165, 1.54) is 0 Å². The number of nitrogens with zero attached hydrogens (tertiary/aromatic N) is 3. The SMILES string of the molecule is COc1ccc2c(c1)nnn2-c1cccc(CN[SH](=O)=O)c1. The van der Waals surface area contributed by atoms with E-state index in [9.17, 15) is 8.42 Å².